The van der Waals surface area contributed by atoms with Crippen LogP contribution in [-0.2, 0) is 27.1 Å². The van der Waals surface area contributed by atoms with Crippen LogP contribution in [0.4, 0.5) is 17.1 Å². The summed E-state index contributed by atoms with van der Waals surface area (Å²) in [5.41, 5.74) is 17.5. The number of anilines is 3. The Morgan fingerprint density at radius 2 is 1.25 bits per heavy atom. The summed E-state index contributed by atoms with van der Waals surface area (Å²) >= 11 is 0. The molecule has 3 heteroatoms. The number of rotatable bonds is 3. The summed E-state index contributed by atoms with van der Waals surface area (Å²) in [4.78, 5) is 2.60. The Kier molecular flexibility index (Phi) is 7.74. The van der Waals surface area contributed by atoms with E-state index in [2.05, 4.69) is 168 Å². The fourth-order valence-electron chi connectivity index (χ4n) is 9.71. The van der Waals surface area contributed by atoms with Gasteiger partial charge in [-0.3, -0.25) is 0 Å². The number of hydrogen-bond donors (Lipinski definition) is 0. The van der Waals surface area contributed by atoms with E-state index in [1.54, 1.807) is 0 Å². The lowest BCUT2D eigenvalue weighted by Gasteiger charge is -2.43. The molecule has 2 aliphatic carbocycles. The molecule has 0 spiro atoms. The first-order valence-electron chi connectivity index (χ1n) is 20.0. The highest BCUT2D eigenvalue weighted by molar-refractivity contribution is 6.97. The van der Waals surface area contributed by atoms with Crippen LogP contribution in [0, 0.1) is 0 Å². The molecule has 5 aromatic rings. The fraction of sp³-hybridized carbons (Fsp3) is 0.469. The van der Waals surface area contributed by atoms with Crippen molar-refractivity contribution >= 4 is 51.3 Å². The van der Waals surface area contributed by atoms with Gasteiger partial charge in [-0.2, -0.15) is 0 Å². The summed E-state index contributed by atoms with van der Waals surface area (Å²) in [6.45, 7) is 31.0. The van der Waals surface area contributed by atoms with Crippen LogP contribution in [0.25, 0.3) is 11.0 Å². The largest absolute Gasteiger partial charge is 0.468 e. The van der Waals surface area contributed by atoms with Gasteiger partial charge in [0.2, 0.25) is 0 Å². The number of nitrogens with zero attached hydrogens (tertiary/aromatic N) is 1. The molecular weight excluding hydrogens is 629 g/mol. The normalized spacial score (nSPS) is 19.7. The summed E-state index contributed by atoms with van der Waals surface area (Å²) in [6, 6.07) is 28.9. The molecule has 8 rings (SSSR count). The molecule has 1 aliphatic heterocycles. The van der Waals surface area contributed by atoms with Gasteiger partial charge in [0, 0.05) is 16.8 Å². The minimum Gasteiger partial charge on any atom is -0.468 e. The van der Waals surface area contributed by atoms with Crippen molar-refractivity contribution < 1.29 is 4.42 Å². The van der Waals surface area contributed by atoms with E-state index < -0.39 is 0 Å². The number of hydrogen-bond acceptors (Lipinski definition) is 2. The second-order valence-corrected chi connectivity index (χ2v) is 20.6. The topological polar surface area (TPSA) is 16.4 Å². The third kappa shape index (κ3) is 5.42. The van der Waals surface area contributed by atoms with Crippen LogP contribution in [0.15, 0.2) is 77.2 Å². The predicted molar refractivity (Wildman–Crippen MR) is 225 cm³/mol. The van der Waals surface area contributed by atoms with E-state index in [0.29, 0.717) is 5.92 Å². The van der Waals surface area contributed by atoms with Crippen LogP contribution in [0.1, 0.15) is 155 Å². The van der Waals surface area contributed by atoms with Gasteiger partial charge in [-0.1, -0.05) is 138 Å². The monoisotopic (exact) mass is 689 g/mol. The van der Waals surface area contributed by atoms with Gasteiger partial charge in [0.1, 0.15) is 5.58 Å². The maximum absolute atomic E-state index is 7.34. The molecule has 0 N–H and O–H groups in total. The molecule has 270 valence electrons. The van der Waals surface area contributed by atoms with Gasteiger partial charge in [-0.15, -0.1) is 0 Å². The summed E-state index contributed by atoms with van der Waals surface area (Å²) in [7, 11) is 0. The zero-order chi connectivity index (χ0) is 37.3. The third-order valence-corrected chi connectivity index (χ3v) is 13.6. The van der Waals surface area contributed by atoms with E-state index >= 15 is 0 Å². The quantitative estimate of drug-likeness (QED) is 0.172. The molecule has 0 radical (unpaired) electrons. The Bertz CT molecular complexity index is 2240. The summed E-state index contributed by atoms with van der Waals surface area (Å²) in [6.07, 6.45) is 4.76. The second kappa shape index (κ2) is 11.4. The Morgan fingerprint density at radius 3 is 1.87 bits per heavy atom. The maximum atomic E-state index is 7.34. The summed E-state index contributed by atoms with van der Waals surface area (Å²) in [5, 5.41) is 1.23. The molecule has 0 bridgehead atoms. The van der Waals surface area contributed by atoms with Crippen molar-refractivity contribution in [2.45, 2.75) is 149 Å². The highest BCUT2D eigenvalue weighted by Gasteiger charge is 2.44. The standard InChI is InChI=1S/C49H60BNO/c1-30(2)31-17-20-40-41(25-31)51(34-18-19-36-37(27-34)47(8,9)22-21-46(36,6)7)43-35-28-38-39(49(12,13)24-23-48(38,10)11)29-42(35)52-44(43)50(40)33-16-14-15-32(26-33)45(3,4)5/h14-20,25-30H,21-24H2,1-13H3. The van der Waals surface area contributed by atoms with Crippen molar-refractivity contribution in [3.63, 3.8) is 0 Å². The van der Waals surface area contributed by atoms with Crippen LogP contribution < -0.4 is 21.5 Å². The van der Waals surface area contributed by atoms with Gasteiger partial charge in [-0.25, -0.2) is 0 Å². The van der Waals surface area contributed by atoms with Crippen molar-refractivity contribution in [3.8, 4) is 0 Å². The highest BCUT2D eigenvalue weighted by atomic mass is 16.3. The average Bonchev–Trinajstić information content (AvgIpc) is 3.44. The molecule has 0 unspecified atom stereocenters. The first-order chi connectivity index (χ1) is 24.2. The molecule has 0 amide bonds. The molecule has 0 saturated heterocycles. The number of fused-ring (bicyclic) bond motifs is 6. The fourth-order valence-corrected chi connectivity index (χ4v) is 9.71. The lowest BCUT2D eigenvalue weighted by molar-refractivity contribution is 0.332. The average molecular weight is 690 g/mol. The van der Waals surface area contributed by atoms with Crippen LogP contribution >= 0.6 is 0 Å². The molecule has 2 nitrogen and oxygen atoms in total. The molecule has 0 atom stereocenters. The first kappa shape index (κ1) is 35.3. The Morgan fingerprint density at radius 1 is 0.654 bits per heavy atom. The van der Waals surface area contributed by atoms with Gasteiger partial charge in [-0.05, 0) is 128 Å². The van der Waals surface area contributed by atoms with Gasteiger partial charge in [0.25, 0.3) is 6.71 Å². The minimum atomic E-state index is -0.0248. The Balaban J connectivity index is 1.48. The van der Waals surface area contributed by atoms with Gasteiger partial charge < -0.3 is 9.32 Å². The van der Waals surface area contributed by atoms with Gasteiger partial charge >= 0.3 is 0 Å². The van der Waals surface area contributed by atoms with Crippen LogP contribution in [-0.4, -0.2) is 6.71 Å². The van der Waals surface area contributed by atoms with E-state index in [-0.39, 0.29) is 33.8 Å². The highest BCUT2D eigenvalue weighted by Crippen LogP contribution is 2.52. The third-order valence-electron chi connectivity index (χ3n) is 13.6. The van der Waals surface area contributed by atoms with E-state index in [0.717, 1.165) is 11.2 Å². The zero-order valence-electron chi connectivity index (χ0n) is 34.3. The minimum absolute atomic E-state index is 0.0248. The summed E-state index contributed by atoms with van der Waals surface area (Å²) in [5.74, 6) is 0.413. The van der Waals surface area contributed by atoms with Crippen molar-refractivity contribution in [1.82, 2.24) is 0 Å². The lowest BCUT2D eigenvalue weighted by Crippen LogP contribution is -2.57. The molecule has 4 aromatic carbocycles. The lowest BCUT2D eigenvalue weighted by atomic mass is 9.37. The molecule has 0 fully saturated rings. The van der Waals surface area contributed by atoms with E-state index in [9.17, 15) is 0 Å². The smallest absolute Gasteiger partial charge is 0.292 e. The first-order valence-corrected chi connectivity index (χ1v) is 20.0. The number of benzene rings is 4. The SMILES string of the molecule is CC(C)c1ccc2c(c1)N(c1ccc3c(c1)C(C)(C)CCC3(C)C)c1c(oc3cc4c(cc13)C(C)(C)CCC4(C)C)B2c1cccc(C(C)(C)C)c1. The number of furan rings is 1. The van der Waals surface area contributed by atoms with Crippen molar-refractivity contribution in [2.75, 3.05) is 4.90 Å². The van der Waals surface area contributed by atoms with Crippen molar-refractivity contribution in [2.24, 2.45) is 0 Å². The predicted octanol–water partition coefficient (Wildman–Crippen LogP) is 11.9. The summed E-state index contributed by atoms with van der Waals surface area (Å²) < 4.78 is 7.34. The second-order valence-electron chi connectivity index (χ2n) is 20.6. The molecule has 0 saturated carbocycles. The molecule has 3 aliphatic rings. The van der Waals surface area contributed by atoms with Crippen LogP contribution in [0.2, 0.25) is 0 Å². The Labute approximate surface area is 314 Å². The van der Waals surface area contributed by atoms with Crippen molar-refractivity contribution in [1.29, 1.82) is 0 Å². The van der Waals surface area contributed by atoms with Crippen LogP contribution in [0.3, 0.4) is 0 Å². The van der Waals surface area contributed by atoms with Gasteiger partial charge in [0.15, 0.2) is 0 Å². The van der Waals surface area contributed by atoms with Gasteiger partial charge in [0.05, 0.1) is 11.3 Å². The van der Waals surface area contributed by atoms with E-state index in [4.69, 9.17) is 4.42 Å². The zero-order valence-corrected chi connectivity index (χ0v) is 34.3. The maximum Gasteiger partial charge on any atom is 0.292 e. The molecular formula is C49H60BNO. The molecule has 52 heavy (non-hydrogen) atoms. The van der Waals surface area contributed by atoms with Crippen LogP contribution in [0.5, 0.6) is 0 Å². The van der Waals surface area contributed by atoms with E-state index in [1.165, 1.54) is 92.4 Å². The Hall–Kier alpha value is -3.72. The molecule has 1 aromatic heterocycles. The van der Waals surface area contributed by atoms with E-state index in [1.807, 2.05) is 0 Å². The molecule has 2 heterocycles. The van der Waals surface area contributed by atoms with Crippen molar-refractivity contribution in [3.05, 3.63) is 106 Å².